The van der Waals surface area contributed by atoms with E-state index in [-0.39, 0.29) is 17.2 Å². The van der Waals surface area contributed by atoms with Crippen molar-refractivity contribution in [2.75, 3.05) is 19.8 Å². The molecule has 0 atom stereocenters. The van der Waals surface area contributed by atoms with Crippen LogP contribution in [0.1, 0.15) is 54.1 Å². The molecular formula is C24H28N2O4. The molecular weight excluding hydrogens is 380 g/mol. The van der Waals surface area contributed by atoms with E-state index in [1.165, 1.54) is 12.5 Å². The van der Waals surface area contributed by atoms with E-state index in [2.05, 4.69) is 22.8 Å². The van der Waals surface area contributed by atoms with Crippen molar-refractivity contribution >= 4 is 11.8 Å². The van der Waals surface area contributed by atoms with Crippen LogP contribution in [0.15, 0.2) is 42.5 Å². The summed E-state index contributed by atoms with van der Waals surface area (Å²) in [7, 11) is 0. The summed E-state index contributed by atoms with van der Waals surface area (Å²) in [5, 5.41) is 5.91. The first-order valence-electron chi connectivity index (χ1n) is 10.6. The molecule has 4 rings (SSSR count). The Morgan fingerprint density at radius 3 is 2.33 bits per heavy atom. The van der Waals surface area contributed by atoms with Gasteiger partial charge in [-0.05, 0) is 48.2 Å². The zero-order chi connectivity index (χ0) is 21.0. The van der Waals surface area contributed by atoms with E-state index in [1.54, 1.807) is 12.1 Å². The molecule has 0 saturated heterocycles. The molecule has 6 heteroatoms. The van der Waals surface area contributed by atoms with Crippen LogP contribution >= 0.6 is 0 Å². The van der Waals surface area contributed by atoms with Crippen LogP contribution in [-0.4, -0.2) is 31.6 Å². The van der Waals surface area contributed by atoms with Crippen LogP contribution in [0.25, 0.3) is 0 Å². The number of carbonyl (C=O) groups is 2. The fourth-order valence-electron chi connectivity index (χ4n) is 4.34. The van der Waals surface area contributed by atoms with Gasteiger partial charge in [0, 0.05) is 31.0 Å². The minimum Gasteiger partial charge on any atom is -0.486 e. The average Bonchev–Trinajstić information content (AvgIpc) is 3.26. The molecule has 2 N–H and O–H groups in total. The molecule has 0 spiro atoms. The van der Waals surface area contributed by atoms with Crippen LogP contribution < -0.4 is 20.1 Å². The molecule has 2 amide bonds. The molecule has 158 valence electrons. The third kappa shape index (κ3) is 4.42. The third-order valence-corrected chi connectivity index (χ3v) is 6.06. The molecule has 1 aliphatic carbocycles. The van der Waals surface area contributed by atoms with E-state index in [9.17, 15) is 9.59 Å². The summed E-state index contributed by atoms with van der Waals surface area (Å²) in [5.74, 6) is 1.44. The van der Waals surface area contributed by atoms with Crippen LogP contribution in [-0.2, 0) is 16.8 Å². The Labute approximate surface area is 177 Å². The van der Waals surface area contributed by atoms with Crippen LogP contribution in [0.2, 0.25) is 0 Å². The van der Waals surface area contributed by atoms with E-state index in [4.69, 9.17) is 9.47 Å². The van der Waals surface area contributed by atoms with Crippen molar-refractivity contribution in [3.63, 3.8) is 0 Å². The summed E-state index contributed by atoms with van der Waals surface area (Å²) in [6.07, 6.45) is 4.40. The summed E-state index contributed by atoms with van der Waals surface area (Å²) < 4.78 is 11.4. The Morgan fingerprint density at radius 2 is 1.63 bits per heavy atom. The van der Waals surface area contributed by atoms with Gasteiger partial charge in [-0.3, -0.25) is 9.59 Å². The van der Waals surface area contributed by atoms with E-state index < -0.39 is 0 Å². The van der Waals surface area contributed by atoms with Crippen molar-refractivity contribution in [2.45, 2.75) is 44.6 Å². The number of hydrogen-bond donors (Lipinski definition) is 2. The number of carbonyl (C=O) groups excluding carboxylic acids is 2. The molecule has 2 aromatic carbocycles. The molecule has 30 heavy (non-hydrogen) atoms. The Kier molecular flexibility index (Phi) is 5.93. The number of ether oxygens (including phenoxy) is 2. The molecule has 0 radical (unpaired) electrons. The first-order valence-corrected chi connectivity index (χ1v) is 10.6. The van der Waals surface area contributed by atoms with Gasteiger partial charge in [-0.25, -0.2) is 0 Å². The number of fused-ring (bicyclic) bond motifs is 1. The topological polar surface area (TPSA) is 76.7 Å². The van der Waals surface area contributed by atoms with Gasteiger partial charge in [0.25, 0.3) is 5.91 Å². The molecule has 1 fully saturated rings. The number of rotatable bonds is 6. The predicted octanol–water partition coefficient (Wildman–Crippen LogP) is 3.34. The van der Waals surface area contributed by atoms with Gasteiger partial charge in [0.05, 0.1) is 0 Å². The Bertz CT molecular complexity index is 917. The quantitative estimate of drug-likeness (QED) is 0.769. The lowest BCUT2D eigenvalue weighted by Gasteiger charge is -2.31. The van der Waals surface area contributed by atoms with Gasteiger partial charge in [-0.15, -0.1) is 0 Å². The number of amides is 2. The van der Waals surface area contributed by atoms with Crippen molar-refractivity contribution in [3.8, 4) is 11.5 Å². The van der Waals surface area contributed by atoms with Crippen molar-refractivity contribution in [1.29, 1.82) is 0 Å². The van der Waals surface area contributed by atoms with Crippen molar-refractivity contribution in [1.82, 2.24) is 10.6 Å². The number of benzene rings is 2. The maximum Gasteiger partial charge on any atom is 0.251 e. The highest BCUT2D eigenvalue weighted by Crippen LogP contribution is 2.43. The molecule has 0 bridgehead atoms. The van der Waals surface area contributed by atoms with Gasteiger partial charge in [-0.1, -0.05) is 31.0 Å². The molecule has 1 heterocycles. The maximum absolute atomic E-state index is 12.8. The molecule has 2 aromatic rings. The summed E-state index contributed by atoms with van der Waals surface area (Å²) in [6.45, 7) is 3.70. The standard InChI is InChI=1S/C24H28N2O4/c1-17(27)25-15-18-4-6-19(7-5-18)23(28)26-16-24(10-2-3-11-24)20-8-9-21-22(14-20)30-13-12-29-21/h4-9,14H,2-3,10-13,15-16H2,1H3,(H,25,27)(H,26,28). The predicted molar refractivity (Wildman–Crippen MR) is 114 cm³/mol. The maximum atomic E-state index is 12.8. The monoisotopic (exact) mass is 408 g/mol. The molecule has 0 aromatic heterocycles. The largest absolute Gasteiger partial charge is 0.486 e. The van der Waals surface area contributed by atoms with Crippen LogP contribution in [0.4, 0.5) is 0 Å². The fraction of sp³-hybridized carbons (Fsp3) is 0.417. The minimum absolute atomic E-state index is 0.0715. The smallest absolute Gasteiger partial charge is 0.251 e. The normalized spacial score (nSPS) is 16.7. The highest BCUT2D eigenvalue weighted by molar-refractivity contribution is 5.94. The highest BCUT2D eigenvalue weighted by atomic mass is 16.6. The van der Waals surface area contributed by atoms with Gasteiger partial charge < -0.3 is 20.1 Å². The first kappa shape index (κ1) is 20.3. The number of hydrogen-bond acceptors (Lipinski definition) is 4. The van der Waals surface area contributed by atoms with Crippen LogP contribution in [0.5, 0.6) is 11.5 Å². The molecule has 1 aliphatic heterocycles. The Balaban J connectivity index is 1.44. The number of nitrogens with one attached hydrogen (secondary N) is 2. The van der Waals surface area contributed by atoms with E-state index in [0.29, 0.717) is 31.9 Å². The third-order valence-electron chi connectivity index (χ3n) is 6.06. The lowest BCUT2D eigenvalue weighted by Crippen LogP contribution is -2.39. The van der Waals surface area contributed by atoms with Crippen molar-refractivity contribution < 1.29 is 19.1 Å². The van der Waals surface area contributed by atoms with Gasteiger partial charge in [0.2, 0.25) is 5.91 Å². The summed E-state index contributed by atoms with van der Waals surface area (Å²) in [6, 6.07) is 13.5. The van der Waals surface area contributed by atoms with Gasteiger partial charge in [0.1, 0.15) is 13.2 Å². The van der Waals surface area contributed by atoms with Crippen molar-refractivity contribution in [2.24, 2.45) is 0 Å². The van der Waals surface area contributed by atoms with Crippen LogP contribution in [0.3, 0.4) is 0 Å². The zero-order valence-electron chi connectivity index (χ0n) is 17.3. The first-order chi connectivity index (χ1) is 14.6. The van der Waals surface area contributed by atoms with E-state index >= 15 is 0 Å². The fourth-order valence-corrected chi connectivity index (χ4v) is 4.34. The summed E-state index contributed by atoms with van der Waals surface area (Å²) in [5.41, 5.74) is 2.72. The summed E-state index contributed by atoms with van der Waals surface area (Å²) in [4.78, 5) is 23.8. The van der Waals surface area contributed by atoms with Crippen LogP contribution in [0, 0.1) is 0 Å². The highest BCUT2D eigenvalue weighted by Gasteiger charge is 2.36. The summed E-state index contributed by atoms with van der Waals surface area (Å²) >= 11 is 0. The SMILES string of the molecule is CC(=O)NCc1ccc(C(=O)NCC2(c3ccc4c(c3)OCCO4)CCCC2)cc1. The van der Waals surface area contributed by atoms with Gasteiger partial charge >= 0.3 is 0 Å². The molecule has 0 unspecified atom stereocenters. The minimum atomic E-state index is -0.0788. The lowest BCUT2D eigenvalue weighted by atomic mass is 9.78. The molecule has 6 nitrogen and oxygen atoms in total. The Hall–Kier alpha value is -3.02. The van der Waals surface area contributed by atoms with Gasteiger partial charge in [0.15, 0.2) is 11.5 Å². The second-order valence-electron chi connectivity index (χ2n) is 8.14. The van der Waals surface area contributed by atoms with E-state index in [0.717, 1.165) is 42.7 Å². The second-order valence-corrected chi connectivity index (χ2v) is 8.14. The lowest BCUT2D eigenvalue weighted by molar-refractivity contribution is -0.119. The Morgan fingerprint density at radius 1 is 0.933 bits per heavy atom. The average molecular weight is 408 g/mol. The molecule has 2 aliphatic rings. The second kappa shape index (κ2) is 8.78. The molecule has 1 saturated carbocycles. The van der Waals surface area contributed by atoms with Crippen molar-refractivity contribution in [3.05, 3.63) is 59.2 Å². The zero-order valence-corrected chi connectivity index (χ0v) is 17.3. The van der Waals surface area contributed by atoms with Gasteiger partial charge in [-0.2, -0.15) is 0 Å². The van der Waals surface area contributed by atoms with E-state index in [1.807, 2.05) is 18.2 Å².